The molecule has 0 radical (unpaired) electrons. The van der Waals surface area contributed by atoms with E-state index in [9.17, 15) is 14.7 Å². The minimum Gasteiger partial charge on any atom is -0.450 e. The Morgan fingerprint density at radius 3 is 2.95 bits per heavy atom. The highest BCUT2D eigenvalue weighted by molar-refractivity contribution is 5.92. The lowest BCUT2D eigenvalue weighted by Crippen LogP contribution is -2.55. The third-order valence-corrected chi connectivity index (χ3v) is 4.40. The van der Waals surface area contributed by atoms with E-state index < -0.39 is 11.7 Å². The molecule has 1 aliphatic carbocycles. The monoisotopic (exact) mass is 284 g/mol. The van der Waals surface area contributed by atoms with Gasteiger partial charge in [0.2, 0.25) is 5.91 Å². The van der Waals surface area contributed by atoms with Crippen LogP contribution >= 0.6 is 0 Å². The van der Waals surface area contributed by atoms with Gasteiger partial charge in [-0.1, -0.05) is 12.8 Å². The van der Waals surface area contributed by atoms with Crippen LogP contribution in [-0.4, -0.2) is 53.8 Å². The smallest absolute Gasteiger partial charge is 0.413 e. The minimum absolute atomic E-state index is 0.186. The van der Waals surface area contributed by atoms with Crippen molar-refractivity contribution in [2.45, 2.75) is 44.6 Å². The van der Waals surface area contributed by atoms with Gasteiger partial charge < -0.3 is 9.84 Å². The number of nitrogens with one attached hydrogen (secondary N) is 1. The van der Waals surface area contributed by atoms with E-state index in [2.05, 4.69) is 10.1 Å². The van der Waals surface area contributed by atoms with Gasteiger partial charge in [-0.25, -0.2) is 4.79 Å². The summed E-state index contributed by atoms with van der Waals surface area (Å²) in [6.45, 7) is 3.55. The quantitative estimate of drug-likeness (QED) is 0.804. The summed E-state index contributed by atoms with van der Waals surface area (Å²) in [4.78, 5) is 24.9. The van der Waals surface area contributed by atoms with Crippen molar-refractivity contribution >= 4 is 12.0 Å². The summed E-state index contributed by atoms with van der Waals surface area (Å²) in [7, 11) is 0. The van der Waals surface area contributed by atoms with Crippen LogP contribution in [0.5, 0.6) is 0 Å². The summed E-state index contributed by atoms with van der Waals surface area (Å²) in [5, 5.41) is 12.8. The zero-order valence-corrected chi connectivity index (χ0v) is 12.1. The van der Waals surface area contributed by atoms with Crippen LogP contribution in [0.1, 0.15) is 39.0 Å². The number of amides is 2. The van der Waals surface area contributed by atoms with Crippen LogP contribution in [0.2, 0.25) is 0 Å². The fraction of sp³-hybridized carbons (Fsp3) is 0.857. The van der Waals surface area contributed by atoms with Gasteiger partial charge in [-0.2, -0.15) is 0 Å². The molecule has 0 aromatic rings. The molecule has 2 atom stereocenters. The predicted molar refractivity (Wildman–Crippen MR) is 73.1 cm³/mol. The first-order valence-corrected chi connectivity index (χ1v) is 7.45. The highest BCUT2D eigenvalue weighted by Crippen LogP contribution is 2.39. The van der Waals surface area contributed by atoms with Gasteiger partial charge in [0.25, 0.3) is 0 Å². The maximum Gasteiger partial charge on any atom is 0.413 e. The number of carbonyl (C=O) groups excluding carboxylic acids is 2. The molecule has 1 aliphatic heterocycles. The Balaban J connectivity index is 1.80. The van der Waals surface area contributed by atoms with Crippen LogP contribution in [0.25, 0.3) is 0 Å². The number of hydrogen-bond donors (Lipinski definition) is 2. The van der Waals surface area contributed by atoms with E-state index in [1.54, 1.807) is 6.92 Å². The van der Waals surface area contributed by atoms with Crippen molar-refractivity contribution in [2.24, 2.45) is 5.92 Å². The Bertz CT molecular complexity index is 374. The first-order valence-electron chi connectivity index (χ1n) is 7.45. The third kappa shape index (κ3) is 3.70. The largest absolute Gasteiger partial charge is 0.450 e. The van der Waals surface area contributed by atoms with Crippen LogP contribution in [0.3, 0.4) is 0 Å². The van der Waals surface area contributed by atoms with E-state index in [0.717, 1.165) is 32.2 Å². The molecule has 1 heterocycles. The van der Waals surface area contributed by atoms with E-state index in [1.807, 2.05) is 4.90 Å². The number of carbonyl (C=O) groups is 2. The lowest BCUT2D eigenvalue weighted by Gasteiger charge is -2.47. The van der Waals surface area contributed by atoms with Crippen LogP contribution < -0.4 is 5.32 Å². The van der Waals surface area contributed by atoms with Crippen molar-refractivity contribution in [1.29, 1.82) is 0 Å². The van der Waals surface area contributed by atoms with Crippen molar-refractivity contribution < 1.29 is 19.4 Å². The predicted octanol–water partition coefficient (Wildman–Crippen LogP) is 0.886. The molecule has 2 aliphatic rings. The normalized spacial score (nSPS) is 30.4. The third-order valence-electron chi connectivity index (χ3n) is 4.40. The maximum atomic E-state index is 11.7. The zero-order chi connectivity index (χ0) is 14.6. The molecule has 0 spiro atoms. The second-order valence-electron chi connectivity index (χ2n) is 5.80. The van der Waals surface area contributed by atoms with Gasteiger partial charge in [-0.15, -0.1) is 0 Å². The van der Waals surface area contributed by atoms with Gasteiger partial charge in [-0.05, 0) is 26.2 Å². The van der Waals surface area contributed by atoms with Gasteiger partial charge in [0.05, 0.1) is 18.8 Å². The minimum atomic E-state index is -0.691. The molecular formula is C14H24N2O4. The number of ether oxygens (including phenoxy) is 1. The molecule has 114 valence electrons. The number of hydrogen-bond acceptors (Lipinski definition) is 5. The van der Waals surface area contributed by atoms with Crippen molar-refractivity contribution in [2.75, 3.05) is 26.2 Å². The lowest BCUT2D eigenvalue weighted by molar-refractivity contribution is -0.126. The zero-order valence-electron chi connectivity index (χ0n) is 12.1. The number of imide groups is 1. The van der Waals surface area contributed by atoms with E-state index in [-0.39, 0.29) is 25.0 Å². The van der Waals surface area contributed by atoms with Crippen molar-refractivity contribution in [3.05, 3.63) is 0 Å². The number of rotatable bonds is 3. The summed E-state index contributed by atoms with van der Waals surface area (Å²) in [5.74, 6) is -0.0925. The molecule has 6 nitrogen and oxygen atoms in total. The number of likely N-dealkylation sites (tertiary alicyclic amines) is 1. The SMILES string of the molecule is CCOC(=O)NC(=O)CN1CCC2(O)CCCCC2C1. The summed E-state index contributed by atoms with van der Waals surface area (Å²) < 4.78 is 4.67. The van der Waals surface area contributed by atoms with Crippen LogP contribution in [-0.2, 0) is 9.53 Å². The molecule has 1 saturated carbocycles. The van der Waals surface area contributed by atoms with Crippen molar-refractivity contribution in [3.63, 3.8) is 0 Å². The average Bonchev–Trinajstić information content (AvgIpc) is 2.39. The molecule has 20 heavy (non-hydrogen) atoms. The Morgan fingerprint density at radius 2 is 2.20 bits per heavy atom. The molecule has 2 N–H and O–H groups in total. The molecule has 2 fully saturated rings. The molecule has 1 saturated heterocycles. The first-order chi connectivity index (χ1) is 9.53. The average molecular weight is 284 g/mol. The topological polar surface area (TPSA) is 78.9 Å². The fourth-order valence-electron chi connectivity index (χ4n) is 3.31. The van der Waals surface area contributed by atoms with Crippen LogP contribution in [0, 0.1) is 5.92 Å². The highest BCUT2D eigenvalue weighted by Gasteiger charge is 2.42. The number of alkyl carbamates (subject to hydrolysis) is 1. The second kappa shape index (κ2) is 6.54. The summed E-state index contributed by atoms with van der Waals surface area (Å²) >= 11 is 0. The molecule has 0 aromatic carbocycles. The lowest BCUT2D eigenvalue weighted by atomic mass is 9.71. The van der Waals surface area contributed by atoms with E-state index in [4.69, 9.17) is 0 Å². The molecule has 2 amide bonds. The standard InChI is InChI=1S/C14H24N2O4/c1-2-20-13(18)15-12(17)10-16-8-7-14(19)6-4-3-5-11(14)9-16/h11,19H,2-10H2,1H3,(H,15,17,18). The Labute approximate surface area is 119 Å². The van der Waals surface area contributed by atoms with Gasteiger partial charge >= 0.3 is 6.09 Å². The van der Waals surface area contributed by atoms with Crippen molar-refractivity contribution in [1.82, 2.24) is 10.2 Å². The first kappa shape index (κ1) is 15.3. The van der Waals surface area contributed by atoms with Gasteiger partial charge in [-0.3, -0.25) is 15.0 Å². The van der Waals surface area contributed by atoms with Gasteiger partial charge in [0, 0.05) is 19.0 Å². The summed E-state index contributed by atoms with van der Waals surface area (Å²) in [5.41, 5.74) is -0.535. The number of fused-ring (bicyclic) bond motifs is 1. The summed E-state index contributed by atoms with van der Waals surface area (Å²) in [6, 6.07) is 0. The Kier molecular flexibility index (Phi) is 4.99. The van der Waals surface area contributed by atoms with E-state index in [0.29, 0.717) is 13.0 Å². The molecule has 2 rings (SSSR count). The van der Waals surface area contributed by atoms with E-state index in [1.165, 1.54) is 0 Å². The van der Waals surface area contributed by atoms with Crippen LogP contribution in [0.15, 0.2) is 0 Å². The molecule has 0 bridgehead atoms. The Morgan fingerprint density at radius 1 is 1.40 bits per heavy atom. The maximum absolute atomic E-state index is 11.7. The van der Waals surface area contributed by atoms with Crippen molar-refractivity contribution in [3.8, 4) is 0 Å². The Hall–Kier alpha value is -1.14. The van der Waals surface area contributed by atoms with Gasteiger partial charge in [0.1, 0.15) is 0 Å². The molecular weight excluding hydrogens is 260 g/mol. The number of piperidine rings is 1. The molecule has 2 unspecified atom stereocenters. The number of nitrogens with zero attached hydrogens (tertiary/aromatic N) is 1. The highest BCUT2D eigenvalue weighted by atomic mass is 16.5. The van der Waals surface area contributed by atoms with Crippen LogP contribution in [0.4, 0.5) is 4.79 Å². The van der Waals surface area contributed by atoms with Gasteiger partial charge in [0.15, 0.2) is 0 Å². The van der Waals surface area contributed by atoms with E-state index >= 15 is 0 Å². The fourth-order valence-corrected chi connectivity index (χ4v) is 3.31. The molecule has 0 aromatic heterocycles. The second-order valence-corrected chi connectivity index (χ2v) is 5.80. The summed E-state index contributed by atoms with van der Waals surface area (Å²) in [6.07, 6.45) is 4.16. The molecule has 6 heteroatoms. The number of aliphatic hydroxyl groups is 1.